The predicted molar refractivity (Wildman–Crippen MR) is 91.1 cm³/mol. The lowest BCUT2D eigenvalue weighted by molar-refractivity contribution is 0.102. The minimum absolute atomic E-state index is 0.0805. The van der Waals surface area contributed by atoms with Gasteiger partial charge in [-0.1, -0.05) is 6.07 Å². The molecule has 1 amide bonds. The van der Waals surface area contributed by atoms with Gasteiger partial charge in [-0.3, -0.25) is 4.79 Å². The van der Waals surface area contributed by atoms with Gasteiger partial charge >= 0.3 is 0 Å². The van der Waals surface area contributed by atoms with Crippen molar-refractivity contribution in [1.82, 2.24) is 4.31 Å². The van der Waals surface area contributed by atoms with Crippen molar-refractivity contribution in [1.29, 1.82) is 0 Å². The lowest BCUT2D eigenvalue weighted by atomic mass is 10.1. The Hall–Kier alpha value is -2.25. The summed E-state index contributed by atoms with van der Waals surface area (Å²) >= 11 is 0. The molecule has 128 valence electrons. The number of halogens is 1. The summed E-state index contributed by atoms with van der Waals surface area (Å²) in [5.74, 6) is -0.970. The number of carbonyl (C=O) groups is 1. The van der Waals surface area contributed by atoms with Crippen molar-refractivity contribution < 1.29 is 17.6 Å². The topological polar surface area (TPSA) is 66.5 Å². The molecule has 1 N–H and O–H groups in total. The SMILES string of the molecule is Cc1cc(C(=O)Nc2cccc(F)c2)cc(S(=O)(=O)N(C)C)c1C. The molecule has 0 unspecified atom stereocenters. The first-order valence-electron chi connectivity index (χ1n) is 7.23. The molecule has 0 aliphatic carbocycles. The summed E-state index contributed by atoms with van der Waals surface area (Å²) in [5.41, 5.74) is 1.77. The second kappa shape index (κ2) is 6.70. The van der Waals surface area contributed by atoms with E-state index in [1.165, 1.54) is 38.4 Å². The number of anilines is 1. The number of aryl methyl sites for hydroxylation is 1. The van der Waals surface area contributed by atoms with Gasteiger partial charge in [-0.05, 0) is 55.3 Å². The lowest BCUT2D eigenvalue weighted by Gasteiger charge is -2.16. The Morgan fingerprint density at radius 2 is 1.79 bits per heavy atom. The van der Waals surface area contributed by atoms with Crippen LogP contribution in [0.15, 0.2) is 41.3 Å². The third-order valence-electron chi connectivity index (χ3n) is 3.72. The molecular weight excluding hydrogens is 331 g/mol. The molecule has 0 radical (unpaired) electrons. The van der Waals surface area contributed by atoms with Crippen LogP contribution in [0.25, 0.3) is 0 Å². The molecule has 2 aromatic rings. The summed E-state index contributed by atoms with van der Waals surface area (Å²) in [6, 6.07) is 8.45. The number of hydrogen-bond acceptors (Lipinski definition) is 3. The van der Waals surface area contributed by atoms with Gasteiger partial charge in [-0.15, -0.1) is 0 Å². The molecule has 2 rings (SSSR count). The summed E-state index contributed by atoms with van der Waals surface area (Å²) < 4.78 is 39.2. The molecule has 0 saturated heterocycles. The van der Waals surface area contributed by atoms with Crippen molar-refractivity contribution in [2.75, 3.05) is 19.4 Å². The summed E-state index contributed by atoms with van der Waals surface area (Å²) in [6.45, 7) is 3.43. The maximum absolute atomic E-state index is 13.2. The molecule has 5 nitrogen and oxygen atoms in total. The Labute approximate surface area is 141 Å². The van der Waals surface area contributed by atoms with Crippen LogP contribution in [0.4, 0.5) is 10.1 Å². The summed E-state index contributed by atoms with van der Waals surface area (Å²) in [4.78, 5) is 12.5. The summed E-state index contributed by atoms with van der Waals surface area (Å²) in [7, 11) is -0.804. The molecule has 0 aromatic heterocycles. The van der Waals surface area contributed by atoms with E-state index in [9.17, 15) is 17.6 Å². The van der Waals surface area contributed by atoms with E-state index in [1.807, 2.05) is 0 Å². The van der Waals surface area contributed by atoms with E-state index >= 15 is 0 Å². The zero-order valence-electron chi connectivity index (χ0n) is 13.9. The zero-order valence-corrected chi connectivity index (χ0v) is 14.7. The van der Waals surface area contributed by atoms with Crippen LogP contribution in [-0.2, 0) is 10.0 Å². The third kappa shape index (κ3) is 3.63. The fourth-order valence-corrected chi connectivity index (χ4v) is 3.41. The van der Waals surface area contributed by atoms with Gasteiger partial charge in [0.05, 0.1) is 4.90 Å². The van der Waals surface area contributed by atoms with Gasteiger partial charge in [0.15, 0.2) is 0 Å². The highest BCUT2D eigenvalue weighted by molar-refractivity contribution is 7.89. The van der Waals surface area contributed by atoms with E-state index in [-0.39, 0.29) is 10.5 Å². The highest BCUT2D eigenvalue weighted by Crippen LogP contribution is 2.24. The molecule has 0 fully saturated rings. The van der Waals surface area contributed by atoms with Crippen LogP contribution in [0.3, 0.4) is 0 Å². The first-order chi connectivity index (χ1) is 11.1. The summed E-state index contributed by atoms with van der Waals surface area (Å²) in [5, 5.41) is 2.57. The van der Waals surface area contributed by atoms with Crippen LogP contribution in [0, 0.1) is 19.7 Å². The average molecular weight is 350 g/mol. The largest absolute Gasteiger partial charge is 0.322 e. The van der Waals surface area contributed by atoms with Gasteiger partial charge in [0.2, 0.25) is 10.0 Å². The minimum atomic E-state index is -3.67. The smallest absolute Gasteiger partial charge is 0.255 e. The van der Waals surface area contributed by atoms with Crippen LogP contribution < -0.4 is 5.32 Å². The Bertz CT molecular complexity index is 893. The Balaban J connectivity index is 2.45. The van der Waals surface area contributed by atoms with E-state index in [0.29, 0.717) is 16.8 Å². The van der Waals surface area contributed by atoms with E-state index in [1.54, 1.807) is 26.0 Å². The number of amides is 1. The molecule has 0 atom stereocenters. The number of hydrogen-bond donors (Lipinski definition) is 1. The molecule has 24 heavy (non-hydrogen) atoms. The van der Waals surface area contributed by atoms with Gasteiger partial charge < -0.3 is 5.32 Å². The predicted octanol–water partition coefficient (Wildman–Crippen LogP) is 2.95. The number of sulfonamides is 1. The highest BCUT2D eigenvalue weighted by atomic mass is 32.2. The fourth-order valence-electron chi connectivity index (χ4n) is 2.19. The van der Waals surface area contributed by atoms with Gasteiger partial charge in [0.1, 0.15) is 5.82 Å². The normalized spacial score (nSPS) is 11.6. The van der Waals surface area contributed by atoms with Crippen molar-refractivity contribution in [3.8, 4) is 0 Å². The lowest BCUT2D eigenvalue weighted by Crippen LogP contribution is -2.24. The molecule has 7 heteroatoms. The minimum Gasteiger partial charge on any atom is -0.322 e. The van der Waals surface area contributed by atoms with Crippen molar-refractivity contribution >= 4 is 21.6 Å². The number of benzene rings is 2. The van der Waals surface area contributed by atoms with Crippen LogP contribution >= 0.6 is 0 Å². The highest BCUT2D eigenvalue weighted by Gasteiger charge is 2.23. The van der Waals surface area contributed by atoms with Crippen molar-refractivity contribution in [2.24, 2.45) is 0 Å². The molecule has 0 saturated carbocycles. The van der Waals surface area contributed by atoms with E-state index < -0.39 is 21.7 Å². The maximum atomic E-state index is 13.2. The Morgan fingerprint density at radius 3 is 2.38 bits per heavy atom. The van der Waals surface area contributed by atoms with Gasteiger partial charge in [-0.2, -0.15) is 0 Å². The Kier molecular flexibility index (Phi) is 5.05. The van der Waals surface area contributed by atoms with Gasteiger partial charge in [-0.25, -0.2) is 17.1 Å². The first kappa shape index (κ1) is 18.1. The maximum Gasteiger partial charge on any atom is 0.255 e. The zero-order chi connectivity index (χ0) is 18.1. The second-order valence-corrected chi connectivity index (χ2v) is 7.79. The molecule has 0 aliphatic rings. The molecular formula is C17H19FN2O3S. The number of rotatable bonds is 4. The van der Waals surface area contributed by atoms with Crippen LogP contribution in [0.1, 0.15) is 21.5 Å². The average Bonchev–Trinajstić information content (AvgIpc) is 2.49. The fraction of sp³-hybridized carbons (Fsp3) is 0.235. The van der Waals surface area contributed by atoms with E-state index in [0.717, 1.165) is 4.31 Å². The number of nitrogens with zero attached hydrogens (tertiary/aromatic N) is 1. The van der Waals surface area contributed by atoms with Crippen LogP contribution in [0.5, 0.6) is 0 Å². The van der Waals surface area contributed by atoms with Gasteiger partial charge in [0.25, 0.3) is 5.91 Å². The monoisotopic (exact) mass is 350 g/mol. The van der Waals surface area contributed by atoms with Gasteiger partial charge in [0, 0.05) is 25.3 Å². The van der Waals surface area contributed by atoms with Crippen LogP contribution in [0.2, 0.25) is 0 Å². The van der Waals surface area contributed by atoms with Crippen molar-refractivity contribution in [2.45, 2.75) is 18.7 Å². The van der Waals surface area contributed by atoms with Crippen molar-refractivity contribution in [3.05, 3.63) is 58.9 Å². The van der Waals surface area contributed by atoms with Crippen molar-refractivity contribution in [3.63, 3.8) is 0 Å². The van der Waals surface area contributed by atoms with E-state index in [2.05, 4.69) is 5.32 Å². The molecule has 0 heterocycles. The first-order valence-corrected chi connectivity index (χ1v) is 8.67. The third-order valence-corrected chi connectivity index (χ3v) is 5.66. The molecule has 0 aliphatic heterocycles. The second-order valence-electron chi connectivity index (χ2n) is 5.67. The number of nitrogens with one attached hydrogen (secondary N) is 1. The molecule has 0 bridgehead atoms. The van der Waals surface area contributed by atoms with Crippen LogP contribution in [-0.4, -0.2) is 32.7 Å². The molecule has 2 aromatic carbocycles. The quantitative estimate of drug-likeness (QED) is 0.922. The Morgan fingerprint density at radius 1 is 1.12 bits per heavy atom. The van der Waals surface area contributed by atoms with E-state index in [4.69, 9.17) is 0 Å². The standard InChI is InChI=1S/C17H19FN2O3S/c1-11-8-13(9-16(12(11)2)24(22,23)20(3)4)17(21)19-15-7-5-6-14(18)10-15/h5-10H,1-4H3,(H,19,21). The summed E-state index contributed by atoms with van der Waals surface area (Å²) in [6.07, 6.45) is 0. The number of carbonyl (C=O) groups excluding carboxylic acids is 1. The molecule has 0 spiro atoms.